The van der Waals surface area contributed by atoms with Gasteiger partial charge in [-0.3, -0.25) is 0 Å². The molecular formula is C11H24N4O2S. The Kier molecular flexibility index (Phi) is 4.60. The van der Waals surface area contributed by atoms with Crippen LogP contribution in [0.4, 0.5) is 0 Å². The average Bonchev–Trinajstić information content (AvgIpc) is 2.76. The summed E-state index contributed by atoms with van der Waals surface area (Å²) in [6.45, 7) is 4.32. The molecule has 2 aliphatic rings. The molecule has 2 saturated heterocycles. The van der Waals surface area contributed by atoms with E-state index in [2.05, 4.69) is 17.3 Å². The van der Waals surface area contributed by atoms with E-state index >= 15 is 0 Å². The maximum absolute atomic E-state index is 12.4. The van der Waals surface area contributed by atoms with E-state index in [1.54, 1.807) is 11.4 Å². The minimum atomic E-state index is -3.27. The summed E-state index contributed by atoms with van der Waals surface area (Å²) in [4.78, 5) is 2.25. The Bertz CT molecular complexity index is 367. The van der Waals surface area contributed by atoms with Gasteiger partial charge in [0.1, 0.15) is 0 Å². The van der Waals surface area contributed by atoms with Crippen molar-refractivity contribution in [3.8, 4) is 0 Å². The Hall–Kier alpha value is -0.210. The van der Waals surface area contributed by atoms with Crippen molar-refractivity contribution in [2.24, 2.45) is 0 Å². The normalized spacial score (nSPS) is 28.1. The second-order valence-electron chi connectivity index (χ2n) is 5.21. The van der Waals surface area contributed by atoms with E-state index in [-0.39, 0.29) is 0 Å². The standard InChI is InChI=1S/C11H24N4O2S/c1-13-7-3-4-11(13)10-14(2)18(16,17)15-8-5-12-6-9-15/h11-12H,3-10H2,1-2H3. The third kappa shape index (κ3) is 3.03. The summed E-state index contributed by atoms with van der Waals surface area (Å²) in [7, 11) is 0.497. The topological polar surface area (TPSA) is 55.9 Å². The molecule has 2 aliphatic heterocycles. The molecule has 2 rings (SSSR count). The fourth-order valence-electron chi connectivity index (χ4n) is 2.67. The fourth-order valence-corrected chi connectivity index (χ4v) is 4.07. The second kappa shape index (κ2) is 5.83. The van der Waals surface area contributed by atoms with Crippen LogP contribution in [0.3, 0.4) is 0 Å². The van der Waals surface area contributed by atoms with Crippen molar-refractivity contribution in [2.45, 2.75) is 18.9 Å². The van der Waals surface area contributed by atoms with Gasteiger partial charge < -0.3 is 10.2 Å². The number of likely N-dealkylation sites (N-methyl/N-ethyl adjacent to an activating group) is 2. The van der Waals surface area contributed by atoms with Gasteiger partial charge in [-0.05, 0) is 26.4 Å². The van der Waals surface area contributed by atoms with E-state index in [9.17, 15) is 8.42 Å². The minimum absolute atomic E-state index is 0.368. The highest BCUT2D eigenvalue weighted by atomic mass is 32.2. The van der Waals surface area contributed by atoms with Gasteiger partial charge in [-0.25, -0.2) is 0 Å². The maximum Gasteiger partial charge on any atom is 0.281 e. The van der Waals surface area contributed by atoms with Crippen LogP contribution in [0.15, 0.2) is 0 Å². The average molecular weight is 276 g/mol. The molecule has 6 nitrogen and oxygen atoms in total. The van der Waals surface area contributed by atoms with E-state index in [0.717, 1.165) is 26.1 Å². The second-order valence-corrected chi connectivity index (χ2v) is 7.25. The zero-order valence-electron chi connectivity index (χ0n) is 11.3. The third-order valence-corrected chi connectivity index (χ3v) is 5.89. The van der Waals surface area contributed by atoms with Gasteiger partial charge in [0, 0.05) is 45.8 Å². The molecule has 1 N–H and O–H groups in total. The first kappa shape index (κ1) is 14.2. The first-order valence-electron chi connectivity index (χ1n) is 6.64. The van der Waals surface area contributed by atoms with E-state index in [1.807, 2.05) is 0 Å². The van der Waals surface area contributed by atoms with Crippen molar-refractivity contribution in [3.63, 3.8) is 0 Å². The van der Waals surface area contributed by atoms with Crippen molar-refractivity contribution in [2.75, 3.05) is 53.4 Å². The molecule has 106 valence electrons. The van der Waals surface area contributed by atoms with Crippen molar-refractivity contribution >= 4 is 10.2 Å². The monoisotopic (exact) mass is 276 g/mol. The van der Waals surface area contributed by atoms with Crippen LogP contribution in [0.1, 0.15) is 12.8 Å². The highest BCUT2D eigenvalue weighted by Gasteiger charge is 2.31. The Morgan fingerprint density at radius 1 is 1.28 bits per heavy atom. The predicted molar refractivity (Wildman–Crippen MR) is 71.6 cm³/mol. The molecule has 0 aromatic carbocycles. The van der Waals surface area contributed by atoms with E-state index < -0.39 is 10.2 Å². The zero-order valence-corrected chi connectivity index (χ0v) is 12.1. The summed E-state index contributed by atoms with van der Waals surface area (Å²) >= 11 is 0. The largest absolute Gasteiger partial charge is 0.314 e. The van der Waals surface area contributed by atoms with Crippen LogP contribution in [-0.4, -0.2) is 81.3 Å². The minimum Gasteiger partial charge on any atom is -0.314 e. The summed E-state index contributed by atoms with van der Waals surface area (Å²) < 4.78 is 27.9. The molecule has 0 aliphatic carbocycles. The van der Waals surface area contributed by atoms with Crippen LogP contribution >= 0.6 is 0 Å². The molecule has 7 heteroatoms. The quantitative estimate of drug-likeness (QED) is 0.728. The molecule has 1 unspecified atom stereocenters. The molecule has 0 radical (unpaired) electrons. The molecule has 2 heterocycles. The Balaban J connectivity index is 1.95. The lowest BCUT2D eigenvalue weighted by Gasteiger charge is -2.32. The van der Waals surface area contributed by atoms with Gasteiger partial charge in [0.05, 0.1) is 0 Å². The van der Waals surface area contributed by atoms with Crippen LogP contribution in [-0.2, 0) is 10.2 Å². The lowest BCUT2D eigenvalue weighted by Crippen LogP contribution is -2.52. The lowest BCUT2D eigenvalue weighted by molar-refractivity contribution is 0.257. The molecular weight excluding hydrogens is 252 g/mol. The van der Waals surface area contributed by atoms with Crippen LogP contribution in [0.5, 0.6) is 0 Å². The van der Waals surface area contributed by atoms with Gasteiger partial charge >= 0.3 is 0 Å². The number of rotatable bonds is 4. The lowest BCUT2D eigenvalue weighted by atomic mass is 10.2. The van der Waals surface area contributed by atoms with Crippen molar-refractivity contribution in [1.82, 2.24) is 18.8 Å². The van der Waals surface area contributed by atoms with Gasteiger partial charge in [0.2, 0.25) is 0 Å². The molecule has 0 saturated carbocycles. The Morgan fingerprint density at radius 3 is 2.50 bits per heavy atom. The van der Waals surface area contributed by atoms with Crippen molar-refractivity contribution in [3.05, 3.63) is 0 Å². The van der Waals surface area contributed by atoms with Crippen molar-refractivity contribution in [1.29, 1.82) is 0 Å². The summed E-state index contributed by atoms with van der Waals surface area (Å²) in [6, 6.07) is 0.368. The number of hydrogen-bond donors (Lipinski definition) is 1. The van der Waals surface area contributed by atoms with Gasteiger partial charge in [-0.15, -0.1) is 0 Å². The van der Waals surface area contributed by atoms with Gasteiger partial charge in [0.25, 0.3) is 10.2 Å². The SMILES string of the molecule is CN1CCCC1CN(C)S(=O)(=O)N1CCNCC1. The third-order valence-electron chi connectivity index (χ3n) is 3.94. The maximum atomic E-state index is 12.4. The molecule has 0 spiro atoms. The van der Waals surface area contributed by atoms with Gasteiger partial charge in [-0.1, -0.05) is 0 Å². The Labute approximate surface area is 110 Å². The summed E-state index contributed by atoms with van der Waals surface area (Å²) in [5.41, 5.74) is 0. The number of nitrogens with one attached hydrogen (secondary N) is 1. The predicted octanol–water partition coefficient (Wildman–Crippen LogP) is -0.838. The number of nitrogens with zero attached hydrogens (tertiary/aromatic N) is 3. The van der Waals surface area contributed by atoms with Crippen LogP contribution < -0.4 is 5.32 Å². The molecule has 0 amide bonds. The van der Waals surface area contributed by atoms with E-state index in [4.69, 9.17) is 0 Å². The highest BCUT2D eigenvalue weighted by molar-refractivity contribution is 7.86. The molecule has 18 heavy (non-hydrogen) atoms. The van der Waals surface area contributed by atoms with E-state index in [1.165, 1.54) is 10.7 Å². The molecule has 0 aromatic heterocycles. The molecule has 1 atom stereocenters. The summed E-state index contributed by atoms with van der Waals surface area (Å²) in [5.74, 6) is 0. The first-order chi connectivity index (χ1) is 8.51. The fraction of sp³-hybridized carbons (Fsp3) is 1.00. The summed E-state index contributed by atoms with van der Waals surface area (Å²) in [6.07, 6.45) is 2.26. The van der Waals surface area contributed by atoms with Gasteiger partial charge in [-0.2, -0.15) is 17.0 Å². The van der Waals surface area contributed by atoms with Crippen LogP contribution in [0.2, 0.25) is 0 Å². The first-order valence-corrected chi connectivity index (χ1v) is 8.04. The van der Waals surface area contributed by atoms with Crippen LogP contribution in [0.25, 0.3) is 0 Å². The highest BCUT2D eigenvalue weighted by Crippen LogP contribution is 2.17. The smallest absolute Gasteiger partial charge is 0.281 e. The molecule has 0 bridgehead atoms. The van der Waals surface area contributed by atoms with E-state index in [0.29, 0.717) is 25.7 Å². The molecule has 2 fully saturated rings. The summed E-state index contributed by atoms with van der Waals surface area (Å²) in [5, 5.41) is 3.17. The number of piperazine rings is 1. The van der Waals surface area contributed by atoms with Gasteiger partial charge in [0.15, 0.2) is 0 Å². The zero-order chi connectivity index (χ0) is 13.2. The molecule has 0 aromatic rings. The number of likely N-dealkylation sites (tertiary alicyclic amines) is 1. The number of hydrogen-bond acceptors (Lipinski definition) is 4. The Morgan fingerprint density at radius 2 is 1.94 bits per heavy atom. The van der Waals surface area contributed by atoms with Crippen LogP contribution in [0, 0.1) is 0 Å². The van der Waals surface area contributed by atoms with Crippen molar-refractivity contribution < 1.29 is 8.42 Å².